The predicted molar refractivity (Wildman–Crippen MR) is 221 cm³/mol. The number of benzene rings is 3. The van der Waals surface area contributed by atoms with Crippen LogP contribution in [0.2, 0.25) is 0 Å². The molecule has 2 amide bonds. The minimum absolute atomic E-state index is 0.0253. The first-order chi connectivity index (χ1) is 29.6. The van der Waals surface area contributed by atoms with Crippen molar-refractivity contribution in [2.75, 3.05) is 57.2 Å². The Labute approximate surface area is 357 Å². The van der Waals surface area contributed by atoms with E-state index < -0.39 is 49.4 Å². The average molecular weight is 860 g/mol. The summed E-state index contributed by atoms with van der Waals surface area (Å²) in [4.78, 5) is 44.9. The first-order valence-electron chi connectivity index (χ1n) is 20.0. The third-order valence-corrected chi connectivity index (χ3v) is 9.74. The number of hydrogen-bond acceptors (Lipinski definition) is 12. The standard InChI is InChI=1S/C45H48F3N5O9/c1-44(2,3)62-43(56)53(27-45(46,47)48)15-18-60-38-22-33(42(55)57-4)20-36(50-25-34-14-17-58-34)41(38)52-39(54)23-31-13-12-30-21-37(31)59-16-6-7-29-19-28(24-49)10-11-32(29)26-61-40-9-5-8-35(30)51-40/h5,8-13,19-22,34,50H,6-7,14-18,23,25-27H2,1-4H3,(H,52,54)/t34-/m0/s1. The summed E-state index contributed by atoms with van der Waals surface area (Å²) in [5.41, 5.74) is 3.55. The largest absolute Gasteiger partial charge is 0.493 e. The maximum atomic E-state index is 14.1. The van der Waals surface area contributed by atoms with Crippen LogP contribution in [0.5, 0.6) is 17.4 Å². The lowest BCUT2D eigenvalue weighted by molar-refractivity contribution is -0.145. The number of hydrogen-bond donors (Lipinski definition) is 2. The lowest BCUT2D eigenvalue weighted by Crippen LogP contribution is -2.44. The van der Waals surface area contributed by atoms with Crippen molar-refractivity contribution in [3.63, 3.8) is 0 Å². The van der Waals surface area contributed by atoms with Crippen molar-refractivity contribution in [2.45, 2.75) is 70.9 Å². The number of anilines is 2. The van der Waals surface area contributed by atoms with Crippen molar-refractivity contribution in [1.29, 1.82) is 5.26 Å². The number of methoxy groups -OCH3 is 1. The van der Waals surface area contributed by atoms with Gasteiger partial charge in [-0.25, -0.2) is 14.6 Å². The molecule has 1 saturated heterocycles. The van der Waals surface area contributed by atoms with E-state index in [1.54, 1.807) is 24.3 Å². The molecule has 6 rings (SSSR count). The Balaban J connectivity index is 1.28. The maximum Gasteiger partial charge on any atom is 0.410 e. The number of pyridine rings is 1. The van der Waals surface area contributed by atoms with Gasteiger partial charge in [0.05, 0.1) is 61.4 Å². The van der Waals surface area contributed by atoms with E-state index in [0.717, 1.165) is 23.1 Å². The summed E-state index contributed by atoms with van der Waals surface area (Å²) < 4.78 is 74.8. The zero-order chi connectivity index (χ0) is 44.4. The molecule has 1 aromatic heterocycles. The zero-order valence-corrected chi connectivity index (χ0v) is 34.9. The minimum Gasteiger partial charge on any atom is -0.493 e. The second-order valence-corrected chi connectivity index (χ2v) is 15.7. The van der Waals surface area contributed by atoms with Gasteiger partial charge in [-0.05, 0) is 87.6 Å². The van der Waals surface area contributed by atoms with Crippen LogP contribution in [0.15, 0.2) is 66.7 Å². The monoisotopic (exact) mass is 859 g/mol. The van der Waals surface area contributed by atoms with E-state index in [1.165, 1.54) is 40.0 Å². The highest BCUT2D eigenvalue weighted by Gasteiger charge is 2.35. The second-order valence-electron chi connectivity index (χ2n) is 15.7. The number of rotatable bonds is 12. The van der Waals surface area contributed by atoms with Gasteiger partial charge in [-0.1, -0.05) is 24.3 Å². The molecule has 2 aliphatic rings. The summed E-state index contributed by atoms with van der Waals surface area (Å²) in [6, 6.07) is 21.2. The first-order valence-corrected chi connectivity index (χ1v) is 20.0. The van der Waals surface area contributed by atoms with Gasteiger partial charge in [0.1, 0.15) is 42.5 Å². The highest BCUT2D eigenvalue weighted by atomic mass is 19.4. The lowest BCUT2D eigenvalue weighted by atomic mass is 10.0. The normalized spacial score (nSPS) is 14.8. The van der Waals surface area contributed by atoms with Gasteiger partial charge < -0.3 is 39.1 Å². The van der Waals surface area contributed by atoms with Crippen molar-refractivity contribution in [3.05, 3.63) is 94.5 Å². The number of fused-ring (bicyclic) bond motifs is 6. The fourth-order valence-electron chi connectivity index (χ4n) is 6.62. The van der Waals surface area contributed by atoms with Gasteiger partial charge >= 0.3 is 18.2 Å². The molecule has 14 nitrogen and oxygen atoms in total. The molecule has 2 aliphatic heterocycles. The van der Waals surface area contributed by atoms with Gasteiger partial charge in [-0.15, -0.1) is 0 Å². The number of alkyl halides is 3. The molecule has 1 atom stereocenters. The van der Waals surface area contributed by atoms with E-state index in [1.807, 2.05) is 30.3 Å². The topological polar surface area (TPSA) is 171 Å². The molecule has 3 aromatic carbocycles. The summed E-state index contributed by atoms with van der Waals surface area (Å²) in [7, 11) is 1.19. The van der Waals surface area contributed by atoms with Crippen molar-refractivity contribution < 1.29 is 56.0 Å². The summed E-state index contributed by atoms with van der Waals surface area (Å²) >= 11 is 0. The van der Waals surface area contributed by atoms with Crippen LogP contribution in [0.1, 0.15) is 66.2 Å². The fraction of sp³-hybridized carbons (Fsp3) is 0.400. The molecular formula is C45H48F3N5O9. The van der Waals surface area contributed by atoms with E-state index >= 15 is 0 Å². The molecule has 0 unspecified atom stereocenters. The second kappa shape index (κ2) is 19.9. The smallest absolute Gasteiger partial charge is 0.410 e. The van der Waals surface area contributed by atoms with Gasteiger partial charge in [0.25, 0.3) is 0 Å². The van der Waals surface area contributed by atoms with Gasteiger partial charge in [-0.3, -0.25) is 9.69 Å². The van der Waals surface area contributed by atoms with Crippen molar-refractivity contribution >= 4 is 29.3 Å². The van der Waals surface area contributed by atoms with E-state index in [9.17, 15) is 32.8 Å². The highest BCUT2D eigenvalue weighted by Crippen LogP contribution is 2.37. The quantitative estimate of drug-likeness (QED) is 0.132. The molecule has 3 heterocycles. The van der Waals surface area contributed by atoms with Gasteiger partial charge in [0, 0.05) is 30.3 Å². The average Bonchev–Trinajstić information content (AvgIpc) is 3.20. The molecule has 62 heavy (non-hydrogen) atoms. The number of aryl methyl sites for hydroxylation is 1. The van der Waals surface area contributed by atoms with Crippen molar-refractivity contribution in [1.82, 2.24) is 9.88 Å². The van der Waals surface area contributed by atoms with Crippen LogP contribution in [0.3, 0.4) is 0 Å². The molecule has 0 spiro atoms. The number of nitrogens with zero attached hydrogens (tertiary/aromatic N) is 3. The zero-order valence-electron chi connectivity index (χ0n) is 34.9. The van der Waals surface area contributed by atoms with Crippen LogP contribution in [0.25, 0.3) is 11.3 Å². The molecule has 328 valence electrons. The molecule has 2 N–H and O–H groups in total. The number of ether oxygens (including phenoxy) is 6. The van der Waals surface area contributed by atoms with Gasteiger partial charge in [0.2, 0.25) is 11.8 Å². The number of amides is 2. The number of esters is 1. The summed E-state index contributed by atoms with van der Waals surface area (Å²) in [6.45, 7) is 3.40. The number of nitrogens with one attached hydrogen (secondary N) is 2. The Morgan fingerprint density at radius 3 is 2.52 bits per heavy atom. The van der Waals surface area contributed by atoms with Crippen LogP contribution in [0.4, 0.5) is 29.3 Å². The maximum absolute atomic E-state index is 14.1. The van der Waals surface area contributed by atoms with Crippen LogP contribution in [0, 0.1) is 11.3 Å². The molecule has 0 radical (unpaired) electrons. The van der Waals surface area contributed by atoms with E-state index in [-0.39, 0.29) is 48.4 Å². The summed E-state index contributed by atoms with van der Waals surface area (Å²) in [6.07, 6.45) is -4.32. The molecule has 4 aromatic rings. The molecule has 17 heteroatoms. The number of nitriles is 1. The molecule has 4 bridgehead atoms. The Bertz CT molecular complexity index is 2300. The number of carbonyl (C=O) groups excluding carboxylic acids is 3. The third kappa shape index (κ3) is 12.5. The van der Waals surface area contributed by atoms with Gasteiger partial charge in [-0.2, -0.15) is 18.4 Å². The van der Waals surface area contributed by atoms with E-state index in [2.05, 4.69) is 16.7 Å². The van der Waals surface area contributed by atoms with Crippen molar-refractivity contribution in [2.24, 2.45) is 0 Å². The molecule has 0 aliphatic carbocycles. The Kier molecular flexibility index (Phi) is 14.4. The number of halogens is 3. The van der Waals surface area contributed by atoms with Crippen molar-refractivity contribution in [3.8, 4) is 34.7 Å². The van der Waals surface area contributed by atoms with Crippen LogP contribution >= 0.6 is 0 Å². The summed E-state index contributed by atoms with van der Waals surface area (Å²) in [5, 5.41) is 15.6. The number of aromatic nitrogens is 1. The third-order valence-electron chi connectivity index (χ3n) is 9.74. The predicted octanol–water partition coefficient (Wildman–Crippen LogP) is 7.87. The van der Waals surface area contributed by atoms with Crippen LogP contribution in [-0.4, -0.2) is 92.3 Å². The van der Waals surface area contributed by atoms with Crippen LogP contribution < -0.4 is 24.8 Å². The SMILES string of the molecule is COC(=O)c1cc(NC[C@@H]2CCO2)c(NC(=O)Cc2ccc3cc2OCCCc2cc(C#N)ccc2COc2cccc-3n2)c(OCCN(CC(F)(F)F)C(=O)OC(C)(C)C)c1. The highest BCUT2D eigenvalue weighted by molar-refractivity contribution is 6.00. The lowest BCUT2D eigenvalue weighted by Gasteiger charge is -2.29. The van der Waals surface area contributed by atoms with Gasteiger partial charge in [0.15, 0.2) is 0 Å². The molecule has 1 fully saturated rings. The fourth-order valence-corrected chi connectivity index (χ4v) is 6.62. The Hall–Kier alpha value is -6.54. The molecular weight excluding hydrogens is 812 g/mol. The van der Waals surface area contributed by atoms with Crippen LogP contribution in [-0.2, 0) is 38.5 Å². The van der Waals surface area contributed by atoms with E-state index in [0.29, 0.717) is 59.3 Å². The number of carbonyl (C=O) groups is 3. The molecule has 0 saturated carbocycles. The summed E-state index contributed by atoms with van der Waals surface area (Å²) in [5.74, 6) is -0.497. The first kappa shape index (κ1) is 45.0. The Morgan fingerprint density at radius 1 is 1.00 bits per heavy atom. The van der Waals surface area contributed by atoms with E-state index in [4.69, 9.17) is 33.4 Å². The Morgan fingerprint density at radius 2 is 1.81 bits per heavy atom. The minimum atomic E-state index is -4.74.